The molecule has 2 aliphatic rings. The number of aromatic nitrogens is 3. The zero-order chi connectivity index (χ0) is 18.4. The molecule has 1 spiro atoms. The minimum atomic E-state index is 0.134. The van der Waals surface area contributed by atoms with Crippen molar-refractivity contribution < 1.29 is 9.47 Å². The third-order valence-corrected chi connectivity index (χ3v) is 5.02. The van der Waals surface area contributed by atoms with E-state index in [0.717, 1.165) is 42.1 Å². The van der Waals surface area contributed by atoms with Crippen molar-refractivity contribution in [1.82, 2.24) is 15.0 Å². The smallest absolute Gasteiger partial charge is 0.237 e. The van der Waals surface area contributed by atoms with Crippen molar-refractivity contribution in [2.24, 2.45) is 0 Å². The molecular weight excluding hydrogens is 342 g/mol. The van der Waals surface area contributed by atoms with E-state index < -0.39 is 0 Å². The molecule has 27 heavy (non-hydrogen) atoms. The van der Waals surface area contributed by atoms with Gasteiger partial charge in [-0.05, 0) is 43.5 Å². The Balaban J connectivity index is 1.36. The van der Waals surface area contributed by atoms with Gasteiger partial charge in [-0.15, -0.1) is 0 Å². The van der Waals surface area contributed by atoms with E-state index in [9.17, 15) is 0 Å². The van der Waals surface area contributed by atoms with Crippen molar-refractivity contribution in [2.75, 3.05) is 17.7 Å². The number of nitrogens with one attached hydrogen (secondary N) is 1. The average Bonchev–Trinajstić information content (AvgIpc) is 3.34. The lowest BCUT2D eigenvalue weighted by molar-refractivity contribution is 0.323. The fraction of sp³-hybridized carbons (Fsp3) is 0.250. The Morgan fingerprint density at radius 1 is 1.15 bits per heavy atom. The Morgan fingerprint density at radius 2 is 2.04 bits per heavy atom. The van der Waals surface area contributed by atoms with Crippen LogP contribution in [-0.4, -0.2) is 21.6 Å². The molecule has 0 saturated heterocycles. The number of nitrogens with zero attached hydrogens (tertiary/aromatic N) is 3. The van der Waals surface area contributed by atoms with Gasteiger partial charge in [0.2, 0.25) is 5.88 Å². The molecule has 3 aromatic rings. The molecule has 1 aliphatic heterocycles. The maximum atomic E-state index is 6.02. The van der Waals surface area contributed by atoms with E-state index in [0.29, 0.717) is 23.2 Å². The number of hydrogen-bond acceptors (Lipinski definition) is 7. The normalized spacial score (nSPS) is 15.9. The van der Waals surface area contributed by atoms with Crippen LogP contribution in [0.5, 0.6) is 17.4 Å². The fourth-order valence-corrected chi connectivity index (χ4v) is 3.44. The van der Waals surface area contributed by atoms with E-state index in [4.69, 9.17) is 15.2 Å². The number of benzene rings is 1. The molecule has 3 heterocycles. The molecule has 0 radical (unpaired) electrons. The number of hydrogen-bond donors (Lipinski definition) is 2. The Labute approximate surface area is 156 Å². The van der Waals surface area contributed by atoms with Gasteiger partial charge in [-0.3, -0.25) is 0 Å². The summed E-state index contributed by atoms with van der Waals surface area (Å²) in [5.41, 5.74) is 8.83. The molecule has 7 heteroatoms. The minimum Gasteiger partial charge on any atom is -0.492 e. The second-order valence-corrected chi connectivity index (χ2v) is 7.12. The minimum absolute atomic E-state index is 0.134. The van der Waals surface area contributed by atoms with Gasteiger partial charge in [0.1, 0.15) is 17.3 Å². The highest BCUT2D eigenvalue weighted by Crippen LogP contribution is 2.58. The first-order valence-electron chi connectivity index (χ1n) is 8.88. The summed E-state index contributed by atoms with van der Waals surface area (Å²) < 4.78 is 11.8. The molecule has 136 valence electrons. The molecule has 0 unspecified atom stereocenters. The first-order chi connectivity index (χ1) is 13.1. The van der Waals surface area contributed by atoms with E-state index in [1.807, 2.05) is 31.2 Å². The van der Waals surface area contributed by atoms with Crippen molar-refractivity contribution in [3.05, 3.63) is 54.0 Å². The quantitative estimate of drug-likeness (QED) is 0.731. The summed E-state index contributed by atoms with van der Waals surface area (Å²) in [6, 6.07) is 7.74. The van der Waals surface area contributed by atoms with Crippen molar-refractivity contribution in [1.29, 1.82) is 0 Å². The zero-order valence-corrected chi connectivity index (χ0v) is 14.9. The third kappa shape index (κ3) is 2.81. The molecule has 1 aromatic carbocycles. The summed E-state index contributed by atoms with van der Waals surface area (Å²) in [5, 5.41) is 3.07. The van der Waals surface area contributed by atoms with Crippen LogP contribution in [-0.2, 0) is 5.41 Å². The Hall–Kier alpha value is -3.35. The highest BCUT2D eigenvalue weighted by Gasteiger charge is 2.52. The molecule has 0 atom stereocenters. The van der Waals surface area contributed by atoms with Crippen LogP contribution in [0.4, 0.5) is 17.3 Å². The summed E-state index contributed by atoms with van der Waals surface area (Å²) in [6.07, 6.45) is 7.21. The highest BCUT2D eigenvalue weighted by molar-refractivity contribution is 5.67. The summed E-state index contributed by atoms with van der Waals surface area (Å²) in [4.78, 5) is 13.0. The van der Waals surface area contributed by atoms with E-state index in [-0.39, 0.29) is 5.41 Å². The van der Waals surface area contributed by atoms with Crippen LogP contribution in [0.25, 0.3) is 0 Å². The van der Waals surface area contributed by atoms with Crippen molar-refractivity contribution in [3.63, 3.8) is 0 Å². The van der Waals surface area contributed by atoms with Crippen LogP contribution >= 0.6 is 0 Å². The number of ether oxygens (including phenoxy) is 2. The Morgan fingerprint density at radius 3 is 2.78 bits per heavy atom. The molecule has 7 nitrogen and oxygen atoms in total. The number of pyridine rings is 1. The first kappa shape index (κ1) is 15.9. The van der Waals surface area contributed by atoms with Gasteiger partial charge in [0.25, 0.3) is 0 Å². The molecule has 0 bridgehead atoms. The lowest BCUT2D eigenvalue weighted by Crippen LogP contribution is -2.08. The highest BCUT2D eigenvalue weighted by atomic mass is 16.5. The number of nitrogen functional groups attached to an aromatic ring is 1. The lowest BCUT2D eigenvalue weighted by atomic mass is 9.97. The van der Waals surface area contributed by atoms with Gasteiger partial charge in [0, 0.05) is 17.2 Å². The van der Waals surface area contributed by atoms with Crippen LogP contribution in [0, 0.1) is 6.92 Å². The number of fused-ring (bicyclic) bond motifs is 2. The van der Waals surface area contributed by atoms with Gasteiger partial charge in [-0.25, -0.2) is 15.0 Å². The molecule has 5 rings (SSSR count). The van der Waals surface area contributed by atoms with E-state index in [2.05, 4.69) is 20.3 Å². The Bertz CT molecular complexity index is 1020. The van der Waals surface area contributed by atoms with Crippen LogP contribution in [0.1, 0.15) is 24.0 Å². The second-order valence-electron chi connectivity index (χ2n) is 7.12. The molecule has 1 aliphatic carbocycles. The monoisotopic (exact) mass is 361 g/mol. The molecule has 3 N–H and O–H groups in total. The van der Waals surface area contributed by atoms with Gasteiger partial charge in [-0.1, -0.05) is 6.07 Å². The lowest BCUT2D eigenvalue weighted by Gasteiger charge is -2.12. The van der Waals surface area contributed by atoms with Crippen LogP contribution in [0.3, 0.4) is 0 Å². The largest absolute Gasteiger partial charge is 0.492 e. The topological polar surface area (TPSA) is 95.2 Å². The van der Waals surface area contributed by atoms with Crippen LogP contribution in [0.15, 0.2) is 42.9 Å². The zero-order valence-electron chi connectivity index (χ0n) is 14.9. The van der Waals surface area contributed by atoms with Gasteiger partial charge in [0.15, 0.2) is 5.82 Å². The molecule has 0 amide bonds. The molecule has 2 aromatic heterocycles. The molecule has 1 saturated carbocycles. The summed E-state index contributed by atoms with van der Waals surface area (Å²) in [7, 11) is 0. The van der Waals surface area contributed by atoms with Crippen molar-refractivity contribution >= 4 is 17.3 Å². The standard InChI is InChI=1S/C20H19N5O2/c1-12-7-13(21)19(24-8-12)25-16-9-23-17(10-22-16)27-15-4-2-3-14-18(15)20(5-6-20)11-26-14/h2-4,7-10H,5-6,11,21H2,1H3,(H,22,24,25). The van der Waals surface area contributed by atoms with Gasteiger partial charge >= 0.3 is 0 Å². The van der Waals surface area contributed by atoms with Crippen LogP contribution < -0.4 is 20.5 Å². The summed E-state index contributed by atoms with van der Waals surface area (Å²) >= 11 is 0. The van der Waals surface area contributed by atoms with Crippen LogP contribution in [0.2, 0.25) is 0 Å². The van der Waals surface area contributed by atoms with Gasteiger partial charge < -0.3 is 20.5 Å². The average molecular weight is 361 g/mol. The second kappa shape index (κ2) is 5.84. The van der Waals surface area contributed by atoms with E-state index in [1.165, 1.54) is 0 Å². The number of rotatable bonds is 4. The third-order valence-electron chi connectivity index (χ3n) is 5.02. The summed E-state index contributed by atoms with van der Waals surface area (Å²) in [6.45, 7) is 2.68. The number of anilines is 3. The SMILES string of the molecule is Cc1cnc(Nc2cnc(Oc3cccc4c3C3(CC3)CO4)cn2)c(N)c1. The predicted molar refractivity (Wildman–Crippen MR) is 102 cm³/mol. The summed E-state index contributed by atoms with van der Waals surface area (Å²) in [5.74, 6) is 3.24. The Kier molecular flexibility index (Phi) is 3.43. The number of nitrogens with two attached hydrogens (primary N) is 1. The first-order valence-corrected chi connectivity index (χ1v) is 8.88. The number of aryl methyl sites for hydroxylation is 1. The molecular formula is C20H19N5O2. The van der Waals surface area contributed by atoms with E-state index >= 15 is 0 Å². The van der Waals surface area contributed by atoms with Gasteiger partial charge in [-0.2, -0.15) is 0 Å². The van der Waals surface area contributed by atoms with Crippen molar-refractivity contribution in [3.8, 4) is 17.4 Å². The predicted octanol–water partition coefficient (Wildman–Crippen LogP) is 3.72. The van der Waals surface area contributed by atoms with Gasteiger partial charge in [0.05, 0.1) is 24.7 Å². The van der Waals surface area contributed by atoms with Crippen molar-refractivity contribution in [2.45, 2.75) is 25.2 Å². The maximum absolute atomic E-state index is 6.02. The van der Waals surface area contributed by atoms with E-state index in [1.54, 1.807) is 18.6 Å². The molecule has 1 fully saturated rings. The fourth-order valence-electron chi connectivity index (χ4n) is 3.44. The maximum Gasteiger partial charge on any atom is 0.237 e.